The van der Waals surface area contributed by atoms with E-state index in [1.54, 1.807) is 6.20 Å². The van der Waals surface area contributed by atoms with Crippen molar-refractivity contribution in [1.82, 2.24) is 4.90 Å². The van der Waals surface area contributed by atoms with Crippen LogP contribution >= 0.6 is 0 Å². The van der Waals surface area contributed by atoms with E-state index in [1.807, 2.05) is 13.8 Å². The molecule has 18 heavy (non-hydrogen) atoms. The summed E-state index contributed by atoms with van der Waals surface area (Å²) in [5, 5.41) is 0. The van der Waals surface area contributed by atoms with Gasteiger partial charge in [0.2, 0.25) is 0 Å². The van der Waals surface area contributed by atoms with E-state index in [2.05, 4.69) is 18.7 Å². The fourth-order valence-electron chi connectivity index (χ4n) is 2.42. The number of hydrogen-bond acceptors (Lipinski definition) is 3. The first-order valence-electron chi connectivity index (χ1n) is 6.92. The standard InChI is InChI=1S/C15H25NO2/c1-5-7-16(8-6-2)11-12-13(17)9-15(3,4)10-14(12)18/h11H,5-10H2,1-4H3. The molecule has 0 amide bonds. The minimum atomic E-state index is -0.175. The summed E-state index contributed by atoms with van der Waals surface area (Å²) in [7, 11) is 0. The second-order valence-electron chi connectivity index (χ2n) is 5.94. The molecule has 0 bridgehead atoms. The summed E-state index contributed by atoms with van der Waals surface area (Å²) >= 11 is 0. The molecule has 3 nitrogen and oxygen atoms in total. The third-order valence-corrected chi connectivity index (χ3v) is 3.21. The summed E-state index contributed by atoms with van der Waals surface area (Å²) in [6.45, 7) is 9.98. The van der Waals surface area contributed by atoms with E-state index >= 15 is 0 Å². The summed E-state index contributed by atoms with van der Waals surface area (Å²) in [6.07, 6.45) is 4.82. The monoisotopic (exact) mass is 251 g/mol. The Morgan fingerprint density at radius 3 is 1.89 bits per heavy atom. The maximum atomic E-state index is 12.0. The lowest BCUT2D eigenvalue weighted by atomic mass is 9.74. The largest absolute Gasteiger partial charge is 0.377 e. The Bertz CT molecular complexity index is 328. The molecule has 0 aromatic rings. The van der Waals surface area contributed by atoms with Gasteiger partial charge < -0.3 is 4.90 Å². The zero-order chi connectivity index (χ0) is 13.8. The van der Waals surface area contributed by atoms with Gasteiger partial charge in [0.1, 0.15) is 0 Å². The lowest BCUT2D eigenvalue weighted by molar-refractivity contribution is -0.127. The van der Waals surface area contributed by atoms with Gasteiger partial charge in [0.05, 0.1) is 5.57 Å². The molecule has 0 saturated heterocycles. The first kappa shape index (κ1) is 14.9. The number of allylic oxidation sites excluding steroid dienone is 1. The third-order valence-electron chi connectivity index (χ3n) is 3.21. The van der Waals surface area contributed by atoms with Crippen LogP contribution in [0.1, 0.15) is 53.4 Å². The van der Waals surface area contributed by atoms with Crippen LogP contribution in [-0.2, 0) is 9.59 Å². The van der Waals surface area contributed by atoms with Gasteiger partial charge >= 0.3 is 0 Å². The number of carbonyl (C=O) groups excluding carboxylic acids is 2. The van der Waals surface area contributed by atoms with Gasteiger partial charge in [-0.05, 0) is 18.3 Å². The Balaban J connectivity index is 2.86. The van der Waals surface area contributed by atoms with Crippen LogP contribution in [0.5, 0.6) is 0 Å². The van der Waals surface area contributed by atoms with Crippen molar-refractivity contribution >= 4 is 11.6 Å². The third kappa shape index (κ3) is 3.97. The number of carbonyl (C=O) groups is 2. The number of rotatable bonds is 5. The summed E-state index contributed by atoms with van der Waals surface area (Å²) in [5.74, 6) is 0.0157. The fraction of sp³-hybridized carbons (Fsp3) is 0.733. The molecule has 0 radical (unpaired) electrons. The molecule has 1 saturated carbocycles. The molecule has 0 heterocycles. The van der Waals surface area contributed by atoms with Gasteiger partial charge in [-0.1, -0.05) is 27.7 Å². The van der Waals surface area contributed by atoms with E-state index in [-0.39, 0.29) is 17.0 Å². The Labute approximate surface area is 110 Å². The Kier molecular flexibility index (Phi) is 5.12. The van der Waals surface area contributed by atoms with E-state index in [0.717, 1.165) is 25.9 Å². The molecule has 3 heteroatoms. The first-order chi connectivity index (χ1) is 8.39. The van der Waals surface area contributed by atoms with Crippen molar-refractivity contribution in [2.24, 2.45) is 5.41 Å². The van der Waals surface area contributed by atoms with E-state index in [9.17, 15) is 9.59 Å². The lowest BCUT2D eigenvalue weighted by Gasteiger charge is -2.29. The van der Waals surface area contributed by atoms with Gasteiger partial charge in [0, 0.05) is 32.1 Å². The average Bonchev–Trinajstić information content (AvgIpc) is 2.22. The Hall–Kier alpha value is -1.12. The molecule has 1 aliphatic rings. The van der Waals surface area contributed by atoms with Crippen LogP contribution < -0.4 is 0 Å². The van der Waals surface area contributed by atoms with Gasteiger partial charge in [-0.15, -0.1) is 0 Å². The predicted molar refractivity (Wildman–Crippen MR) is 73.3 cm³/mol. The van der Waals surface area contributed by atoms with Crippen LogP contribution in [0.15, 0.2) is 11.8 Å². The molecule has 0 aromatic carbocycles. The summed E-state index contributed by atoms with van der Waals surface area (Å²) in [6, 6.07) is 0. The second-order valence-corrected chi connectivity index (χ2v) is 5.94. The van der Waals surface area contributed by atoms with Crippen LogP contribution in [0, 0.1) is 5.41 Å². The van der Waals surface area contributed by atoms with E-state index < -0.39 is 0 Å². The zero-order valence-electron chi connectivity index (χ0n) is 12.1. The van der Waals surface area contributed by atoms with Crippen LogP contribution in [-0.4, -0.2) is 29.6 Å². The molecule has 0 aliphatic heterocycles. The Morgan fingerprint density at radius 1 is 1.06 bits per heavy atom. The van der Waals surface area contributed by atoms with Crippen molar-refractivity contribution in [3.63, 3.8) is 0 Å². The van der Waals surface area contributed by atoms with Gasteiger partial charge in [-0.2, -0.15) is 0 Å². The highest BCUT2D eigenvalue weighted by molar-refractivity contribution is 6.22. The van der Waals surface area contributed by atoms with Crippen LogP contribution in [0.25, 0.3) is 0 Å². The molecule has 102 valence electrons. The smallest absolute Gasteiger partial charge is 0.168 e. The number of Topliss-reactive ketones (excluding diaryl/α,β-unsaturated/α-hetero) is 2. The quantitative estimate of drug-likeness (QED) is 0.557. The van der Waals surface area contributed by atoms with E-state index in [4.69, 9.17) is 0 Å². The van der Waals surface area contributed by atoms with Crippen molar-refractivity contribution in [2.75, 3.05) is 13.1 Å². The van der Waals surface area contributed by atoms with Crippen LogP contribution in [0.2, 0.25) is 0 Å². The minimum Gasteiger partial charge on any atom is -0.377 e. The van der Waals surface area contributed by atoms with Crippen LogP contribution in [0.4, 0.5) is 0 Å². The van der Waals surface area contributed by atoms with Crippen molar-refractivity contribution in [3.05, 3.63) is 11.8 Å². The first-order valence-corrected chi connectivity index (χ1v) is 6.92. The molecule has 1 rings (SSSR count). The van der Waals surface area contributed by atoms with Crippen molar-refractivity contribution in [2.45, 2.75) is 53.4 Å². The minimum absolute atomic E-state index is 0.00783. The topological polar surface area (TPSA) is 37.4 Å². The van der Waals surface area contributed by atoms with Gasteiger partial charge in [-0.3, -0.25) is 9.59 Å². The molecular formula is C15H25NO2. The van der Waals surface area contributed by atoms with Gasteiger partial charge in [0.15, 0.2) is 11.6 Å². The van der Waals surface area contributed by atoms with Gasteiger partial charge in [0.25, 0.3) is 0 Å². The lowest BCUT2D eigenvalue weighted by Crippen LogP contribution is -2.33. The fourth-order valence-corrected chi connectivity index (χ4v) is 2.42. The zero-order valence-corrected chi connectivity index (χ0v) is 12.1. The maximum Gasteiger partial charge on any atom is 0.168 e. The highest BCUT2D eigenvalue weighted by Crippen LogP contribution is 2.33. The average molecular weight is 251 g/mol. The Morgan fingerprint density at radius 2 is 1.50 bits per heavy atom. The molecule has 0 atom stereocenters. The van der Waals surface area contributed by atoms with Crippen molar-refractivity contribution in [1.29, 1.82) is 0 Å². The van der Waals surface area contributed by atoms with E-state index in [0.29, 0.717) is 18.4 Å². The van der Waals surface area contributed by atoms with Gasteiger partial charge in [-0.25, -0.2) is 0 Å². The summed E-state index contributed by atoms with van der Waals surface area (Å²) < 4.78 is 0. The molecule has 1 fully saturated rings. The number of nitrogens with zero attached hydrogens (tertiary/aromatic N) is 1. The number of hydrogen-bond donors (Lipinski definition) is 0. The second kappa shape index (κ2) is 6.17. The normalized spacial score (nSPS) is 19.0. The maximum absolute atomic E-state index is 12.0. The highest BCUT2D eigenvalue weighted by atomic mass is 16.2. The van der Waals surface area contributed by atoms with Crippen LogP contribution in [0.3, 0.4) is 0 Å². The summed E-state index contributed by atoms with van der Waals surface area (Å²) in [5.41, 5.74) is 0.238. The van der Waals surface area contributed by atoms with Crippen molar-refractivity contribution in [3.8, 4) is 0 Å². The molecule has 0 aromatic heterocycles. The molecule has 0 unspecified atom stereocenters. The molecule has 0 spiro atoms. The SMILES string of the molecule is CCCN(C=C1C(=O)CC(C)(C)CC1=O)CCC. The molecular weight excluding hydrogens is 226 g/mol. The predicted octanol–water partition coefficient (Wildman–Crippen LogP) is 2.95. The van der Waals surface area contributed by atoms with Crippen molar-refractivity contribution < 1.29 is 9.59 Å². The van der Waals surface area contributed by atoms with E-state index in [1.165, 1.54) is 0 Å². The highest BCUT2D eigenvalue weighted by Gasteiger charge is 2.35. The summed E-state index contributed by atoms with van der Waals surface area (Å²) in [4.78, 5) is 26.2. The number of ketones is 2. The molecule has 0 N–H and O–H groups in total. The molecule has 1 aliphatic carbocycles.